The Morgan fingerprint density at radius 3 is 2.63 bits per heavy atom. The summed E-state index contributed by atoms with van der Waals surface area (Å²) in [5.41, 5.74) is 1.94. The Morgan fingerprint density at radius 2 is 2.00 bits per heavy atom. The van der Waals surface area contributed by atoms with Gasteiger partial charge in [0.05, 0.1) is 16.3 Å². The largest absolute Gasteiger partial charge is 0.342 e. The fourth-order valence-electron chi connectivity index (χ4n) is 2.28. The molecule has 3 rings (SSSR count). The first-order valence-electron chi connectivity index (χ1n) is 6.42. The maximum absolute atomic E-state index is 12.0. The van der Waals surface area contributed by atoms with Gasteiger partial charge in [-0.2, -0.15) is 0 Å². The number of sulfonamides is 1. The highest BCUT2D eigenvalue weighted by molar-refractivity contribution is 7.89. The number of nitrogens with zero attached hydrogens (tertiary/aromatic N) is 2. The molecule has 0 spiro atoms. The van der Waals surface area contributed by atoms with Crippen LogP contribution in [0.25, 0.3) is 11.0 Å². The van der Waals surface area contributed by atoms with Crippen LogP contribution in [-0.4, -0.2) is 41.0 Å². The normalized spacial score (nSPS) is 18.1. The minimum absolute atomic E-state index is 0.181. The van der Waals surface area contributed by atoms with Gasteiger partial charge in [0, 0.05) is 19.0 Å². The number of hydrogen-bond acceptors (Lipinski definition) is 3. The molecule has 0 aliphatic carbocycles. The van der Waals surface area contributed by atoms with Crippen molar-refractivity contribution in [2.45, 2.75) is 25.0 Å². The van der Waals surface area contributed by atoms with Crippen molar-refractivity contribution in [1.82, 2.24) is 14.3 Å². The van der Waals surface area contributed by atoms with Crippen LogP contribution in [0, 0.1) is 0 Å². The average Bonchev–Trinajstić information content (AvgIpc) is 2.69. The molecule has 2 heterocycles. The quantitative estimate of drug-likeness (QED) is 0.930. The number of rotatable bonds is 3. The van der Waals surface area contributed by atoms with Crippen molar-refractivity contribution in [2.75, 3.05) is 13.1 Å². The highest BCUT2D eigenvalue weighted by Crippen LogP contribution is 2.30. The summed E-state index contributed by atoms with van der Waals surface area (Å²) in [6.45, 7) is 4.48. The first-order chi connectivity index (χ1) is 8.98. The zero-order chi connectivity index (χ0) is 13.6. The third kappa shape index (κ3) is 2.04. The molecule has 0 unspecified atom stereocenters. The molecular formula is C13H17N3O2S. The molecule has 1 aliphatic heterocycles. The summed E-state index contributed by atoms with van der Waals surface area (Å²) < 4.78 is 25.5. The van der Waals surface area contributed by atoms with E-state index in [1.165, 1.54) is 4.31 Å². The van der Waals surface area contributed by atoms with Gasteiger partial charge in [-0.3, -0.25) is 0 Å². The van der Waals surface area contributed by atoms with Gasteiger partial charge in [-0.05, 0) is 26.0 Å². The summed E-state index contributed by atoms with van der Waals surface area (Å²) in [4.78, 5) is 7.79. The maximum atomic E-state index is 12.0. The maximum Gasteiger partial charge on any atom is 0.216 e. The van der Waals surface area contributed by atoms with Crippen molar-refractivity contribution in [3.05, 3.63) is 30.1 Å². The van der Waals surface area contributed by atoms with Gasteiger partial charge in [0.15, 0.2) is 0 Å². The Labute approximate surface area is 112 Å². The standard InChI is InChI=1S/C13H17N3O2S/c1-9(2)19(17,18)16-7-10(8-16)13-14-11-5-3-4-6-12(11)15-13/h3-6,9-10H,7-8H2,1-2H3,(H,14,15). The van der Waals surface area contributed by atoms with E-state index < -0.39 is 10.0 Å². The van der Waals surface area contributed by atoms with Crippen LogP contribution in [0.3, 0.4) is 0 Å². The van der Waals surface area contributed by atoms with Crippen LogP contribution in [0.2, 0.25) is 0 Å². The van der Waals surface area contributed by atoms with Crippen molar-refractivity contribution in [1.29, 1.82) is 0 Å². The lowest BCUT2D eigenvalue weighted by molar-refractivity contribution is 0.255. The minimum Gasteiger partial charge on any atom is -0.342 e. The molecule has 1 aliphatic rings. The lowest BCUT2D eigenvalue weighted by Gasteiger charge is -2.38. The van der Waals surface area contributed by atoms with Gasteiger partial charge in [0.25, 0.3) is 0 Å². The summed E-state index contributed by atoms with van der Waals surface area (Å²) in [6, 6.07) is 7.84. The van der Waals surface area contributed by atoms with E-state index in [1.807, 2.05) is 24.3 Å². The average molecular weight is 279 g/mol. The second-order valence-corrected chi connectivity index (χ2v) is 7.74. The van der Waals surface area contributed by atoms with Crippen LogP contribution in [0.1, 0.15) is 25.6 Å². The smallest absolute Gasteiger partial charge is 0.216 e. The topological polar surface area (TPSA) is 66.1 Å². The van der Waals surface area contributed by atoms with Crippen molar-refractivity contribution in [3.8, 4) is 0 Å². The molecule has 0 radical (unpaired) electrons. The molecule has 0 bridgehead atoms. The third-order valence-corrected chi connectivity index (χ3v) is 5.81. The van der Waals surface area contributed by atoms with Crippen LogP contribution < -0.4 is 0 Å². The van der Waals surface area contributed by atoms with Crippen molar-refractivity contribution >= 4 is 21.1 Å². The number of aromatic amines is 1. The highest BCUT2D eigenvalue weighted by Gasteiger charge is 2.39. The number of fused-ring (bicyclic) bond motifs is 1. The van der Waals surface area contributed by atoms with Gasteiger partial charge < -0.3 is 4.98 Å². The number of imidazole rings is 1. The fraction of sp³-hybridized carbons (Fsp3) is 0.462. The van der Waals surface area contributed by atoms with E-state index in [0.29, 0.717) is 13.1 Å². The van der Waals surface area contributed by atoms with Gasteiger partial charge in [0.1, 0.15) is 5.82 Å². The molecule has 0 amide bonds. The summed E-state index contributed by atoms with van der Waals surface area (Å²) in [7, 11) is -3.12. The Hall–Kier alpha value is -1.40. The van der Waals surface area contributed by atoms with Gasteiger partial charge in [-0.25, -0.2) is 17.7 Å². The lowest BCUT2D eigenvalue weighted by atomic mass is 10.0. The summed E-state index contributed by atoms with van der Waals surface area (Å²) in [5, 5.41) is -0.357. The van der Waals surface area contributed by atoms with E-state index in [9.17, 15) is 8.42 Å². The fourth-order valence-corrected chi connectivity index (χ4v) is 3.65. The van der Waals surface area contributed by atoms with Crippen LogP contribution >= 0.6 is 0 Å². The third-order valence-electron chi connectivity index (χ3n) is 3.60. The summed E-state index contributed by atoms with van der Waals surface area (Å²) >= 11 is 0. The number of para-hydroxylation sites is 2. The van der Waals surface area contributed by atoms with Gasteiger partial charge >= 0.3 is 0 Å². The van der Waals surface area contributed by atoms with E-state index in [2.05, 4.69) is 9.97 Å². The van der Waals surface area contributed by atoms with Crippen molar-refractivity contribution in [3.63, 3.8) is 0 Å². The van der Waals surface area contributed by atoms with Crippen molar-refractivity contribution < 1.29 is 8.42 Å². The molecule has 5 nitrogen and oxygen atoms in total. The zero-order valence-corrected chi connectivity index (χ0v) is 11.8. The second-order valence-electron chi connectivity index (χ2n) is 5.25. The molecule has 102 valence electrons. The Balaban J connectivity index is 1.77. The summed E-state index contributed by atoms with van der Waals surface area (Å²) in [5.74, 6) is 1.07. The SMILES string of the molecule is CC(C)S(=O)(=O)N1CC(c2nc3ccccc3[nH]2)C1. The van der Waals surface area contributed by atoms with E-state index >= 15 is 0 Å². The monoisotopic (exact) mass is 279 g/mol. The number of H-pyrrole nitrogens is 1. The molecule has 1 aromatic carbocycles. The zero-order valence-electron chi connectivity index (χ0n) is 11.0. The van der Waals surface area contributed by atoms with Gasteiger partial charge in [-0.15, -0.1) is 0 Å². The Kier molecular flexibility index (Phi) is 2.87. The second kappa shape index (κ2) is 4.31. The first kappa shape index (κ1) is 12.6. The summed E-state index contributed by atoms with van der Waals surface area (Å²) in [6.07, 6.45) is 0. The minimum atomic E-state index is -3.12. The van der Waals surface area contributed by atoms with E-state index in [0.717, 1.165) is 16.9 Å². The molecule has 1 fully saturated rings. The Bertz CT molecular complexity index is 667. The lowest BCUT2D eigenvalue weighted by Crippen LogP contribution is -2.50. The first-order valence-corrected chi connectivity index (χ1v) is 7.92. The van der Waals surface area contributed by atoms with Crippen molar-refractivity contribution in [2.24, 2.45) is 0 Å². The van der Waals surface area contributed by atoms with Crippen LogP contribution in [0.15, 0.2) is 24.3 Å². The van der Waals surface area contributed by atoms with Crippen LogP contribution in [-0.2, 0) is 10.0 Å². The van der Waals surface area contributed by atoms with Crippen LogP contribution in [0.5, 0.6) is 0 Å². The molecule has 0 saturated carbocycles. The van der Waals surface area contributed by atoms with Crippen LogP contribution in [0.4, 0.5) is 0 Å². The van der Waals surface area contributed by atoms with Gasteiger partial charge in [0.2, 0.25) is 10.0 Å². The number of benzene rings is 1. The molecule has 1 saturated heterocycles. The molecule has 2 aromatic rings. The van der Waals surface area contributed by atoms with Gasteiger partial charge in [-0.1, -0.05) is 12.1 Å². The molecule has 6 heteroatoms. The molecule has 19 heavy (non-hydrogen) atoms. The number of aromatic nitrogens is 2. The van der Waals surface area contributed by atoms with E-state index in [1.54, 1.807) is 13.8 Å². The molecule has 0 atom stereocenters. The molecule has 1 N–H and O–H groups in total. The highest BCUT2D eigenvalue weighted by atomic mass is 32.2. The molecular weight excluding hydrogens is 262 g/mol. The molecule has 1 aromatic heterocycles. The van der Waals surface area contributed by atoms with E-state index in [-0.39, 0.29) is 11.2 Å². The Morgan fingerprint density at radius 1 is 1.32 bits per heavy atom. The van der Waals surface area contributed by atoms with E-state index in [4.69, 9.17) is 0 Å². The number of hydrogen-bond donors (Lipinski definition) is 1. The predicted octanol–water partition coefficient (Wildman–Crippen LogP) is 1.70. The number of nitrogens with one attached hydrogen (secondary N) is 1. The predicted molar refractivity (Wildman–Crippen MR) is 74.5 cm³/mol.